The number of nitrogens with zero attached hydrogens (tertiary/aromatic N) is 3. The molecule has 1 unspecified atom stereocenters. The largest absolute Gasteiger partial charge is 0.353 e. The minimum Gasteiger partial charge on any atom is -0.353 e. The van der Waals surface area contributed by atoms with Crippen LogP contribution in [-0.4, -0.2) is 29.6 Å². The molecule has 0 spiro atoms. The molecule has 3 rings (SSSR count). The van der Waals surface area contributed by atoms with Crippen LogP contribution in [0.25, 0.3) is 0 Å². The van der Waals surface area contributed by atoms with Crippen molar-refractivity contribution in [3.8, 4) is 0 Å². The van der Waals surface area contributed by atoms with Crippen molar-refractivity contribution in [1.82, 2.24) is 5.32 Å². The van der Waals surface area contributed by atoms with Crippen molar-refractivity contribution in [1.29, 1.82) is 0 Å². The first-order valence-electron chi connectivity index (χ1n) is 7.81. The Morgan fingerprint density at radius 1 is 1.50 bits per heavy atom. The number of hydrogen-bond donors (Lipinski definition) is 1. The molecular formula is C18H20N4OS. The van der Waals surface area contributed by atoms with E-state index >= 15 is 0 Å². The lowest BCUT2D eigenvalue weighted by Crippen LogP contribution is -2.24. The predicted molar refractivity (Wildman–Crippen MR) is 102 cm³/mol. The Labute approximate surface area is 146 Å². The van der Waals surface area contributed by atoms with Gasteiger partial charge < -0.3 is 10.2 Å². The van der Waals surface area contributed by atoms with Crippen LogP contribution in [-0.2, 0) is 4.79 Å². The standard InChI is InChI=1S/C18H20N4OS/c1-5-20-17-15(21-18(24-17)16(23)19-4)12(3)22-10-11(2)13-8-6-7-9-14(13)22/h5-9,11H,1,10H2,2-4H3,(H,19,23)/b15-12-,20-17+. The molecule has 5 nitrogen and oxygen atoms in total. The number of benzene rings is 1. The summed E-state index contributed by atoms with van der Waals surface area (Å²) in [7, 11) is 1.60. The minimum absolute atomic E-state index is 0.199. The van der Waals surface area contributed by atoms with Crippen LogP contribution in [0.2, 0.25) is 0 Å². The van der Waals surface area contributed by atoms with Gasteiger partial charge in [-0.2, -0.15) is 0 Å². The van der Waals surface area contributed by atoms with Crippen molar-refractivity contribution in [2.24, 2.45) is 9.98 Å². The van der Waals surface area contributed by atoms with Gasteiger partial charge in [0.05, 0.1) is 0 Å². The first-order valence-corrected chi connectivity index (χ1v) is 8.63. The summed E-state index contributed by atoms with van der Waals surface area (Å²) >= 11 is 1.28. The number of aliphatic imine (C=N–C) groups is 2. The quantitative estimate of drug-likeness (QED) is 0.919. The van der Waals surface area contributed by atoms with Gasteiger partial charge in [0.2, 0.25) is 0 Å². The number of para-hydroxylation sites is 1. The van der Waals surface area contributed by atoms with Crippen molar-refractivity contribution >= 4 is 33.4 Å². The molecule has 0 saturated carbocycles. The molecule has 0 saturated heterocycles. The third kappa shape index (κ3) is 2.78. The highest BCUT2D eigenvalue weighted by Gasteiger charge is 2.31. The zero-order valence-corrected chi connectivity index (χ0v) is 14.9. The molecule has 1 N–H and O–H groups in total. The maximum Gasteiger partial charge on any atom is 0.276 e. The van der Waals surface area contributed by atoms with Crippen LogP contribution in [0.1, 0.15) is 25.3 Å². The lowest BCUT2D eigenvalue weighted by Gasteiger charge is -2.21. The third-order valence-electron chi connectivity index (χ3n) is 4.20. The van der Waals surface area contributed by atoms with Gasteiger partial charge in [0.15, 0.2) is 5.04 Å². The molecule has 0 radical (unpaired) electrons. The molecule has 0 aromatic heterocycles. The number of fused-ring (bicyclic) bond motifs is 1. The zero-order valence-electron chi connectivity index (χ0n) is 14.0. The Bertz CT molecular complexity index is 794. The fourth-order valence-corrected chi connectivity index (χ4v) is 3.92. The van der Waals surface area contributed by atoms with E-state index in [1.165, 1.54) is 29.2 Å². The molecule has 1 aromatic rings. The number of anilines is 1. The summed E-state index contributed by atoms with van der Waals surface area (Å²) in [6.45, 7) is 8.81. The van der Waals surface area contributed by atoms with E-state index in [9.17, 15) is 4.79 Å². The highest BCUT2D eigenvalue weighted by atomic mass is 32.2. The summed E-state index contributed by atoms with van der Waals surface area (Å²) in [6, 6.07) is 8.40. The summed E-state index contributed by atoms with van der Waals surface area (Å²) in [4.78, 5) is 23.0. The first kappa shape index (κ1) is 16.5. The van der Waals surface area contributed by atoms with Gasteiger partial charge in [-0.3, -0.25) is 4.79 Å². The SMILES string of the molecule is C=C/N=C1/SC(C(=O)NC)=N/C1=C(/C)N1CC(C)c2ccccc21. The highest BCUT2D eigenvalue weighted by Crippen LogP contribution is 2.40. The number of nitrogens with one attached hydrogen (secondary N) is 1. The second-order valence-electron chi connectivity index (χ2n) is 5.72. The second kappa shape index (κ2) is 6.65. The van der Waals surface area contributed by atoms with Crippen molar-refractivity contribution in [3.63, 3.8) is 0 Å². The molecule has 124 valence electrons. The van der Waals surface area contributed by atoms with E-state index in [0.717, 1.165) is 17.9 Å². The fraction of sp³-hybridized carbons (Fsp3) is 0.278. The van der Waals surface area contributed by atoms with Crippen LogP contribution in [0.5, 0.6) is 0 Å². The molecule has 1 aromatic carbocycles. The van der Waals surface area contributed by atoms with E-state index in [0.29, 0.717) is 16.0 Å². The van der Waals surface area contributed by atoms with Gasteiger partial charge >= 0.3 is 0 Å². The van der Waals surface area contributed by atoms with Crippen LogP contribution < -0.4 is 10.2 Å². The number of thioether (sulfide) groups is 1. The van der Waals surface area contributed by atoms with Crippen LogP contribution in [0.3, 0.4) is 0 Å². The summed E-state index contributed by atoms with van der Waals surface area (Å²) in [5.74, 6) is 0.253. The number of carbonyl (C=O) groups excluding carboxylic acids is 1. The summed E-state index contributed by atoms with van der Waals surface area (Å²) in [5.41, 5.74) is 4.27. The van der Waals surface area contributed by atoms with E-state index in [1.54, 1.807) is 7.05 Å². The van der Waals surface area contributed by atoms with Crippen LogP contribution in [0, 0.1) is 0 Å². The highest BCUT2D eigenvalue weighted by molar-refractivity contribution is 8.29. The van der Waals surface area contributed by atoms with Gasteiger partial charge in [-0.25, -0.2) is 9.98 Å². The van der Waals surface area contributed by atoms with Crippen molar-refractivity contribution in [2.75, 3.05) is 18.5 Å². The molecule has 2 aliphatic rings. The van der Waals surface area contributed by atoms with E-state index in [2.05, 4.69) is 51.9 Å². The molecule has 0 aliphatic carbocycles. The van der Waals surface area contributed by atoms with Gasteiger partial charge in [0.25, 0.3) is 5.91 Å². The average Bonchev–Trinajstić information content (AvgIpc) is 3.16. The monoisotopic (exact) mass is 340 g/mol. The van der Waals surface area contributed by atoms with Crippen molar-refractivity contribution in [3.05, 3.63) is 54.0 Å². The summed E-state index contributed by atoms with van der Waals surface area (Å²) in [6.07, 6.45) is 1.48. The molecule has 2 heterocycles. The van der Waals surface area contributed by atoms with Gasteiger partial charge in [-0.05, 0) is 30.3 Å². The third-order valence-corrected chi connectivity index (χ3v) is 5.16. The Kier molecular flexibility index (Phi) is 4.57. The lowest BCUT2D eigenvalue weighted by molar-refractivity contribution is -0.114. The van der Waals surface area contributed by atoms with E-state index in [4.69, 9.17) is 0 Å². The van der Waals surface area contributed by atoms with Crippen LogP contribution >= 0.6 is 11.8 Å². The van der Waals surface area contributed by atoms with Crippen LogP contribution in [0.15, 0.2) is 58.4 Å². The molecule has 1 atom stereocenters. The molecule has 0 fully saturated rings. The summed E-state index contributed by atoms with van der Waals surface area (Å²) < 4.78 is 0. The molecular weight excluding hydrogens is 320 g/mol. The Morgan fingerprint density at radius 3 is 2.96 bits per heavy atom. The maximum absolute atomic E-state index is 11.9. The Morgan fingerprint density at radius 2 is 2.25 bits per heavy atom. The van der Waals surface area contributed by atoms with Crippen molar-refractivity contribution < 1.29 is 4.79 Å². The second-order valence-corrected chi connectivity index (χ2v) is 6.70. The Balaban J connectivity index is 2.06. The smallest absolute Gasteiger partial charge is 0.276 e. The van der Waals surface area contributed by atoms with E-state index in [-0.39, 0.29) is 5.91 Å². The van der Waals surface area contributed by atoms with Crippen molar-refractivity contribution in [2.45, 2.75) is 19.8 Å². The predicted octanol–water partition coefficient (Wildman–Crippen LogP) is 3.27. The van der Waals surface area contributed by atoms with Gasteiger partial charge in [-0.15, -0.1) is 0 Å². The summed E-state index contributed by atoms with van der Waals surface area (Å²) in [5, 5.41) is 3.73. The molecule has 6 heteroatoms. The number of carbonyl (C=O) groups is 1. The lowest BCUT2D eigenvalue weighted by atomic mass is 10.0. The number of amides is 1. The zero-order chi connectivity index (χ0) is 17.3. The molecule has 1 amide bonds. The molecule has 24 heavy (non-hydrogen) atoms. The van der Waals surface area contributed by atoms with Gasteiger partial charge in [0.1, 0.15) is 10.7 Å². The minimum atomic E-state index is -0.199. The van der Waals surface area contributed by atoms with Gasteiger partial charge in [0, 0.05) is 37.1 Å². The average molecular weight is 340 g/mol. The number of hydrogen-bond acceptors (Lipinski definition) is 5. The molecule has 2 aliphatic heterocycles. The van der Waals surface area contributed by atoms with E-state index < -0.39 is 0 Å². The Hall–Kier alpha value is -2.34. The number of rotatable bonds is 3. The number of allylic oxidation sites excluding steroid dienone is 1. The fourth-order valence-electron chi connectivity index (χ4n) is 2.99. The van der Waals surface area contributed by atoms with Gasteiger partial charge in [-0.1, -0.05) is 31.7 Å². The first-order chi connectivity index (χ1) is 11.6. The molecule has 0 bridgehead atoms. The normalized spacial score (nSPS) is 23.1. The topological polar surface area (TPSA) is 57.1 Å². The van der Waals surface area contributed by atoms with E-state index in [1.807, 2.05) is 13.0 Å². The maximum atomic E-state index is 11.9. The van der Waals surface area contributed by atoms with Crippen LogP contribution in [0.4, 0.5) is 5.69 Å².